The molecule has 0 heterocycles. The van der Waals surface area contributed by atoms with Crippen molar-refractivity contribution in [3.63, 3.8) is 0 Å². The molecule has 0 unspecified atom stereocenters. The zero-order valence-corrected chi connectivity index (χ0v) is 11.4. The van der Waals surface area contributed by atoms with Gasteiger partial charge in [-0.1, -0.05) is 41.9 Å². The molecule has 1 amide bonds. The standard InChI is InChI=1S/C15H15ClN2O/c1-11(19)18-15-8-7-13(9-14(15)16)17-10-12-5-3-2-4-6-12/h2-9,17H,10H2,1H3,(H,18,19). The number of carbonyl (C=O) groups is 1. The number of halogens is 1. The Morgan fingerprint density at radius 2 is 1.89 bits per heavy atom. The second-order valence-electron chi connectivity index (χ2n) is 4.21. The minimum Gasteiger partial charge on any atom is -0.381 e. The quantitative estimate of drug-likeness (QED) is 0.887. The Bertz CT molecular complexity index is 570. The van der Waals surface area contributed by atoms with Crippen LogP contribution in [0.4, 0.5) is 11.4 Å². The Hall–Kier alpha value is -2.00. The second-order valence-corrected chi connectivity index (χ2v) is 4.62. The maximum atomic E-state index is 11.0. The van der Waals surface area contributed by atoms with Crippen molar-refractivity contribution in [1.29, 1.82) is 0 Å². The molecule has 0 radical (unpaired) electrons. The summed E-state index contributed by atoms with van der Waals surface area (Å²) in [5.74, 6) is -0.133. The number of carbonyl (C=O) groups excluding carboxylic acids is 1. The first-order chi connectivity index (χ1) is 9.15. The summed E-state index contributed by atoms with van der Waals surface area (Å²) in [5, 5.41) is 6.48. The van der Waals surface area contributed by atoms with Gasteiger partial charge in [0.2, 0.25) is 5.91 Å². The summed E-state index contributed by atoms with van der Waals surface area (Å²) >= 11 is 6.10. The van der Waals surface area contributed by atoms with Gasteiger partial charge in [0.05, 0.1) is 10.7 Å². The van der Waals surface area contributed by atoms with Gasteiger partial charge in [-0.25, -0.2) is 0 Å². The minimum absolute atomic E-state index is 0.133. The first-order valence-corrected chi connectivity index (χ1v) is 6.38. The molecular weight excluding hydrogens is 260 g/mol. The molecule has 0 aliphatic rings. The van der Waals surface area contributed by atoms with E-state index in [0.717, 1.165) is 12.2 Å². The lowest BCUT2D eigenvalue weighted by molar-refractivity contribution is -0.114. The fourth-order valence-corrected chi connectivity index (χ4v) is 1.94. The Morgan fingerprint density at radius 3 is 2.53 bits per heavy atom. The van der Waals surface area contributed by atoms with Crippen molar-refractivity contribution in [2.45, 2.75) is 13.5 Å². The van der Waals surface area contributed by atoms with Crippen LogP contribution in [-0.2, 0) is 11.3 Å². The molecule has 0 spiro atoms. The van der Waals surface area contributed by atoms with E-state index in [2.05, 4.69) is 22.8 Å². The predicted octanol–water partition coefficient (Wildman–Crippen LogP) is 3.91. The number of amides is 1. The van der Waals surface area contributed by atoms with Gasteiger partial charge in [-0.3, -0.25) is 4.79 Å². The summed E-state index contributed by atoms with van der Waals surface area (Å²) in [6.45, 7) is 2.19. The van der Waals surface area contributed by atoms with Crippen LogP contribution in [0, 0.1) is 0 Å². The molecule has 0 fully saturated rings. The fraction of sp³-hybridized carbons (Fsp3) is 0.133. The van der Waals surface area contributed by atoms with Crippen LogP contribution in [-0.4, -0.2) is 5.91 Å². The lowest BCUT2D eigenvalue weighted by Crippen LogP contribution is -2.06. The summed E-state index contributed by atoms with van der Waals surface area (Å²) in [4.78, 5) is 11.0. The molecule has 2 aromatic carbocycles. The van der Waals surface area contributed by atoms with Gasteiger partial charge in [0, 0.05) is 19.2 Å². The van der Waals surface area contributed by atoms with Gasteiger partial charge >= 0.3 is 0 Å². The van der Waals surface area contributed by atoms with Crippen LogP contribution in [0.2, 0.25) is 5.02 Å². The molecular formula is C15H15ClN2O. The highest BCUT2D eigenvalue weighted by molar-refractivity contribution is 6.34. The highest BCUT2D eigenvalue weighted by Crippen LogP contribution is 2.25. The average molecular weight is 275 g/mol. The van der Waals surface area contributed by atoms with Crippen molar-refractivity contribution in [2.24, 2.45) is 0 Å². The third-order valence-electron chi connectivity index (χ3n) is 2.62. The van der Waals surface area contributed by atoms with Gasteiger partial charge in [-0.05, 0) is 23.8 Å². The molecule has 2 N–H and O–H groups in total. The molecule has 0 atom stereocenters. The van der Waals surface area contributed by atoms with Crippen LogP contribution in [0.3, 0.4) is 0 Å². The van der Waals surface area contributed by atoms with E-state index < -0.39 is 0 Å². The van der Waals surface area contributed by atoms with Crippen molar-refractivity contribution in [1.82, 2.24) is 0 Å². The summed E-state index contributed by atoms with van der Waals surface area (Å²) in [7, 11) is 0. The number of rotatable bonds is 4. The lowest BCUT2D eigenvalue weighted by atomic mass is 10.2. The first kappa shape index (κ1) is 13.4. The van der Waals surface area contributed by atoms with E-state index in [1.54, 1.807) is 12.1 Å². The normalized spacial score (nSPS) is 10.0. The Balaban J connectivity index is 2.02. The monoisotopic (exact) mass is 274 g/mol. The highest BCUT2D eigenvalue weighted by Gasteiger charge is 2.03. The molecule has 4 heteroatoms. The van der Waals surface area contributed by atoms with Crippen LogP contribution in [0.15, 0.2) is 48.5 Å². The van der Waals surface area contributed by atoms with Crippen molar-refractivity contribution >= 4 is 28.9 Å². The maximum Gasteiger partial charge on any atom is 0.221 e. The van der Waals surface area contributed by atoms with Gasteiger partial charge in [0.1, 0.15) is 0 Å². The van der Waals surface area contributed by atoms with Crippen LogP contribution < -0.4 is 10.6 Å². The Kier molecular flexibility index (Phi) is 4.42. The van der Waals surface area contributed by atoms with Crippen molar-refractivity contribution < 1.29 is 4.79 Å². The summed E-state index contributed by atoms with van der Waals surface area (Å²) in [5.41, 5.74) is 2.74. The minimum atomic E-state index is -0.133. The van der Waals surface area contributed by atoms with Gasteiger partial charge < -0.3 is 10.6 Å². The first-order valence-electron chi connectivity index (χ1n) is 6.00. The Morgan fingerprint density at radius 1 is 1.16 bits per heavy atom. The van der Waals surface area contributed by atoms with Gasteiger partial charge in [0.15, 0.2) is 0 Å². The number of benzene rings is 2. The van der Waals surface area contributed by atoms with Crippen molar-refractivity contribution in [3.05, 3.63) is 59.1 Å². The van der Waals surface area contributed by atoms with E-state index >= 15 is 0 Å². The van der Waals surface area contributed by atoms with Crippen molar-refractivity contribution in [3.8, 4) is 0 Å². The molecule has 2 aromatic rings. The van der Waals surface area contributed by atoms with Gasteiger partial charge in [-0.15, -0.1) is 0 Å². The molecule has 3 nitrogen and oxygen atoms in total. The van der Waals surface area contributed by atoms with Crippen LogP contribution in [0.1, 0.15) is 12.5 Å². The predicted molar refractivity (Wildman–Crippen MR) is 79.5 cm³/mol. The SMILES string of the molecule is CC(=O)Nc1ccc(NCc2ccccc2)cc1Cl. The second kappa shape index (κ2) is 6.25. The summed E-state index contributed by atoms with van der Waals surface area (Å²) in [6.07, 6.45) is 0. The van der Waals surface area contributed by atoms with E-state index in [0.29, 0.717) is 10.7 Å². The van der Waals surface area contributed by atoms with E-state index in [9.17, 15) is 4.79 Å². The molecule has 0 saturated carbocycles. The summed E-state index contributed by atoms with van der Waals surface area (Å²) < 4.78 is 0. The van der Waals surface area contributed by atoms with E-state index in [1.165, 1.54) is 12.5 Å². The van der Waals surface area contributed by atoms with Crippen LogP contribution in [0.5, 0.6) is 0 Å². The summed E-state index contributed by atoms with van der Waals surface area (Å²) in [6, 6.07) is 15.6. The van der Waals surface area contributed by atoms with E-state index in [1.807, 2.05) is 24.3 Å². The lowest BCUT2D eigenvalue weighted by Gasteiger charge is -2.10. The number of anilines is 2. The highest BCUT2D eigenvalue weighted by atomic mass is 35.5. The van der Waals surface area contributed by atoms with Crippen LogP contribution >= 0.6 is 11.6 Å². The smallest absolute Gasteiger partial charge is 0.221 e. The van der Waals surface area contributed by atoms with E-state index in [-0.39, 0.29) is 5.91 Å². The Labute approximate surface area is 117 Å². The molecule has 0 aliphatic heterocycles. The zero-order valence-electron chi connectivity index (χ0n) is 10.6. The maximum absolute atomic E-state index is 11.0. The third-order valence-corrected chi connectivity index (χ3v) is 2.93. The molecule has 0 aromatic heterocycles. The molecule has 19 heavy (non-hydrogen) atoms. The largest absolute Gasteiger partial charge is 0.381 e. The zero-order chi connectivity index (χ0) is 13.7. The van der Waals surface area contributed by atoms with Crippen molar-refractivity contribution in [2.75, 3.05) is 10.6 Å². The van der Waals surface area contributed by atoms with Gasteiger partial charge in [0.25, 0.3) is 0 Å². The molecule has 98 valence electrons. The third kappa shape index (κ3) is 4.00. The van der Waals surface area contributed by atoms with Gasteiger partial charge in [-0.2, -0.15) is 0 Å². The molecule has 2 rings (SSSR count). The number of nitrogens with one attached hydrogen (secondary N) is 2. The topological polar surface area (TPSA) is 41.1 Å². The molecule has 0 saturated heterocycles. The average Bonchev–Trinajstić information content (AvgIpc) is 2.40. The fourth-order valence-electron chi connectivity index (χ4n) is 1.72. The van der Waals surface area contributed by atoms with E-state index in [4.69, 9.17) is 11.6 Å². The number of hydrogen-bond acceptors (Lipinski definition) is 2. The molecule has 0 bridgehead atoms. The molecule has 0 aliphatic carbocycles. The number of hydrogen-bond donors (Lipinski definition) is 2. The van der Waals surface area contributed by atoms with Crippen LogP contribution in [0.25, 0.3) is 0 Å².